The van der Waals surface area contributed by atoms with Crippen LogP contribution in [-0.4, -0.2) is 19.0 Å². The lowest BCUT2D eigenvalue weighted by Crippen LogP contribution is -2.25. The molecule has 282 valence electrons. The average Bonchev–Trinajstić information content (AvgIpc) is 3.50. The second kappa shape index (κ2) is 17.4. The van der Waals surface area contributed by atoms with Gasteiger partial charge in [-0.05, 0) is 129 Å². The Labute approximate surface area is 326 Å². The summed E-state index contributed by atoms with van der Waals surface area (Å²) in [5, 5.41) is 19.6. The predicted molar refractivity (Wildman–Crippen MR) is 234 cm³/mol. The molecule has 5 aromatic carbocycles. The highest BCUT2D eigenvalue weighted by Crippen LogP contribution is 2.53. The third-order valence-electron chi connectivity index (χ3n) is 9.41. The van der Waals surface area contributed by atoms with E-state index >= 15 is 0 Å². The Kier molecular flexibility index (Phi) is 13.2. The number of hydrogen-bond acceptors (Lipinski definition) is 4. The molecule has 0 unspecified atom stereocenters. The molecule has 1 aliphatic rings. The van der Waals surface area contributed by atoms with Crippen molar-refractivity contribution in [1.82, 2.24) is 0 Å². The summed E-state index contributed by atoms with van der Waals surface area (Å²) < 4.78 is 18.3. The summed E-state index contributed by atoms with van der Waals surface area (Å²) in [6.07, 6.45) is 0. The zero-order chi connectivity index (χ0) is 39.4. The molecule has 0 aromatic heterocycles. The molecule has 0 saturated heterocycles. The fraction of sp³-hybridized carbons (Fsp3) is 0.292. The van der Waals surface area contributed by atoms with Gasteiger partial charge in [0.2, 0.25) is 6.79 Å². The molecule has 0 aliphatic carbocycles. The predicted octanol–water partition coefficient (Wildman–Crippen LogP) is 10.8. The van der Waals surface area contributed by atoms with Crippen molar-refractivity contribution in [1.29, 1.82) is 0 Å². The molecule has 1 N–H and O–H groups in total. The van der Waals surface area contributed by atoms with Crippen LogP contribution in [0.3, 0.4) is 0 Å². The van der Waals surface area contributed by atoms with Crippen LogP contribution >= 0.6 is 15.8 Å². The van der Waals surface area contributed by atoms with E-state index in [1.54, 1.807) is 7.11 Å². The van der Waals surface area contributed by atoms with E-state index in [1.165, 1.54) is 65.7 Å². The fourth-order valence-corrected chi connectivity index (χ4v) is 13.3. The summed E-state index contributed by atoms with van der Waals surface area (Å²) in [6.45, 7) is 25.6. The third-order valence-corrected chi connectivity index (χ3v) is 14.3. The van der Waals surface area contributed by atoms with Gasteiger partial charge >= 0.3 is 0 Å². The molecule has 4 nitrogen and oxygen atoms in total. The molecule has 0 saturated carbocycles. The number of aryl methyl sites for hydroxylation is 8. The summed E-state index contributed by atoms with van der Waals surface area (Å²) in [6, 6.07) is 31.4. The van der Waals surface area contributed by atoms with E-state index in [4.69, 9.17) is 14.2 Å². The number of rotatable bonds is 9. The lowest BCUT2D eigenvalue weighted by molar-refractivity contribution is 0.0758. The monoisotopic (exact) mass is 758 g/mol. The first-order valence-electron chi connectivity index (χ1n) is 18.8. The van der Waals surface area contributed by atoms with Crippen molar-refractivity contribution in [2.75, 3.05) is 13.9 Å². The van der Waals surface area contributed by atoms with Crippen molar-refractivity contribution in [3.8, 4) is 11.5 Å². The van der Waals surface area contributed by atoms with Crippen molar-refractivity contribution >= 4 is 47.9 Å². The van der Waals surface area contributed by atoms with E-state index in [1.807, 2.05) is 26.8 Å². The summed E-state index contributed by atoms with van der Waals surface area (Å²) in [7, 11) is -0.644. The summed E-state index contributed by atoms with van der Waals surface area (Å²) >= 11 is 0. The first-order chi connectivity index (χ1) is 25.7. The number of aromatic hydroxyl groups is 1. The molecule has 6 heteroatoms. The molecule has 0 bridgehead atoms. The van der Waals surface area contributed by atoms with Gasteiger partial charge in [0.15, 0.2) is 17.3 Å². The van der Waals surface area contributed by atoms with Crippen LogP contribution in [0.1, 0.15) is 77.8 Å². The zero-order valence-electron chi connectivity index (χ0n) is 34.4. The van der Waals surface area contributed by atoms with Gasteiger partial charge in [0.1, 0.15) is 5.76 Å². The maximum absolute atomic E-state index is 12.5. The second-order valence-corrected chi connectivity index (χ2v) is 18.9. The summed E-state index contributed by atoms with van der Waals surface area (Å²) in [4.78, 5) is 0. The Morgan fingerprint density at radius 3 is 1.31 bits per heavy atom. The Bertz CT molecular complexity index is 2060. The molecule has 0 atom stereocenters. The molecule has 6 rings (SSSR count). The van der Waals surface area contributed by atoms with Crippen LogP contribution in [0.5, 0.6) is 11.5 Å². The van der Waals surface area contributed by atoms with E-state index in [9.17, 15) is 5.11 Å². The fourth-order valence-electron chi connectivity index (χ4n) is 7.60. The molecule has 0 spiro atoms. The van der Waals surface area contributed by atoms with Crippen molar-refractivity contribution in [2.24, 2.45) is 0 Å². The molecule has 54 heavy (non-hydrogen) atoms. The van der Waals surface area contributed by atoms with Gasteiger partial charge in [-0.15, -0.1) is 0 Å². The SMILES string of the molecule is CC.COc1ccc(P(c2cc(C)cc(C)c2)c2cc(C)cc(C)c2)c(/C(C2=C(C)OCO2)=C(/C)P(c2cc(C)cc(C)c2)c2cc(C)cc(C)c2)c1O. The van der Waals surface area contributed by atoms with Crippen LogP contribution < -0.4 is 31.3 Å². The number of hydrogen-bond donors (Lipinski definition) is 1. The second-order valence-electron chi connectivity index (χ2n) is 14.3. The van der Waals surface area contributed by atoms with Gasteiger partial charge in [-0.1, -0.05) is 131 Å². The van der Waals surface area contributed by atoms with E-state index in [-0.39, 0.29) is 12.5 Å². The molecule has 0 radical (unpaired) electrons. The van der Waals surface area contributed by atoms with Crippen molar-refractivity contribution in [3.05, 3.63) is 152 Å². The maximum Gasteiger partial charge on any atom is 0.230 e. The number of phenolic OH excluding ortho intramolecular Hbond substituents is 1. The molecule has 5 aromatic rings. The number of phenols is 1. The standard InChI is InChI=1S/C46H50O4P2.C2H6/c1-27-14-28(2)19-37(18-27)51(38-20-29(3)15-30(4)21-38)36(10)43(46-35(9)49-26-50-46)44-42(13-12-41(48-11)45(44)47)52(39-22-31(5)16-32(6)23-39)40-24-33(7)17-34(8)25-40;1-2/h12-25,47H,26H2,1-11H3;1-2H3/b43-36+;. The van der Waals surface area contributed by atoms with Gasteiger partial charge in [0, 0.05) is 11.1 Å². The largest absolute Gasteiger partial charge is 0.504 e. The Balaban J connectivity index is 0.00000276. The molecule has 0 fully saturated rings. The van der Waals surface area contributed by atoms with E-state index in [0.717, 1.165) is 21.8 Å². The highest BCUT2D eigenvalue weighted by Gasteiger charge is 2.34. The molecule has 0 amide bonds. The van der Waals surface area contributed by atoms with Crippen LogP contribution in [0, 0.1) is 55.4 Å². The Hall–Kier alpha value is -4.36. The lowest BCUT2D eigenvalue weighted by Gasteiger charge is -2.29. The van der Waals surface area contributed by atoms with Crippen LogP contribution in [0.2, 0.25) is 0 Å². The Morgan fingerprint density at radius 1 is 0.574 bits per heavy atom. The molecular formula is C48H56O4P2. The van der Waals surface area contributed by atoms with Crippen LogP contribution in [-0.2, 0) is 9.47 Å². The summed E-state index contributed by atoms with van der Waals surface area (Å²) in [5.41, 5.74) is 11.3. The maximum atomic E-state index is 12.5. The van der Waals surface area contributed by atoms with Gasteiger partial charge in [0.25, 0.3) is 0 Å². The smallest absolute Gasteiger partial charge is 0.230 e. The topological polar surface area (TPSA) is 47.9 Å². The molecular weight excluding hydrogens is 702 g/mol. The number of ether oxygens (including phenoxy) is 3. The van der Waals surface area contributed by atoms with Crippen molar-refractivity contribution in [2.45, 2.75) is 83.1 Å². The minimum Gasteiger partial charge on any atom is -0.504 e. The minimum atomic E-state index is -1.16. The zero-order valence-corrected chi connectivity index (χ0v) is 36.1. The first kappa shape index (κ1) is 40.8. The molecule has 1 heterocycles. The quantitative estimate of drug-likeness (QED) is 0.152. The number of methoxy groups -OCH3 is 1. The molecule has 1 aliphatic heterocycles. The average molecular weight is 759 g/mol. The van der Waals surface area contributed by atoms with E-state index in [2.05, 4.69) is 141 Å². The highest BCUT2D eigenvalue weighted by atomic mass is 31.1. The summed E-state index contributed by atoms with van der Waals surface area (Å²) in [5.74, 6) is 1.86. The van der Waals surface area contributed by atoms with Crippen molar-refractivity contribution < 1.29 is 19.3 Å². The van der Waals surface area contributed by atoms with E-state index < -0.39 is 15.8 Å². The lowest BCUT2D eigenvalue weighted by atomic mass is 10.0. The Morgan fingerprint density at radius 2 is 0.963 bits per heavy atom. The van der Waals surface area contributed by atoms with Crippen LogP contribution in [0.25, 0.3) is 5.57 Å². The van der Waals surface area contributed by atoms with Gasteiger partial charge in [-0.25, -0.2) is 0 Å². The van der Waals surface area contributed by atoms with Gasteiger partial charge < -0.3 is 19.3 Å². The highest BCUT2D eigenvalue weighted by molar-refractivity contribution is 7.80. The van der Waals surface area contributed by atoms with Crippen LogP contribution in [0.4, 0.5) is 0 Å². The van der Waals surface area contributed by atoms with E-state index in [0.29, 0.717) is 17.3 Å². The first-order valence-corrected chi connectivity index (χ1v) is 21.4. The van der Waals surface area contributed by atoms with Crippen molar-refractivity contribution in [3.63, 3.8) is 0 Å². The van der Waals surface area contributed by atoms with Crippen LogP contribution in [0.15, 0.2) is 102 Å². The van der Waals surface area contributed by atoms with Gasteiger partial charge in [-0.2, -0.15) is 0 Å². The number of allylic oxidation sites excluding steroid dienone is 3. The normalized spacial score (nSPS) is 13.0. The minimum absolute atomic E-state index is 0.0993. The van der Waals surface area contributed by atoms with Gasteiger partial charge in [0.05, 0.1) is 7.11 Å². The third kappa shape index (κ3) is 8.78. The van der Waals surface area contributed by atoms with Gasteiger partial charge in [-0.3, -0.25) is 0 Å². The number of benzene rings is 5.